The van der Waals surface area contributed by atoms with Crippen molar-refractivity contribution in [3.8, 4) is 5.75 Å². The fourth-order valence-electron chi connectivity index (χ4n) is 4.27. The van der Waals surface area contributed by atoms with E-state index in [4.69, 9.17) is 19.2 Å². The van der Waals surface area contributed by atoms with Crippen LogP contribution in [0.3, 0.4) is 0 Å². The Kier molecular flexibility index (Phi) is 7.34. The average molecular weight is 515 g/mol. The van der Waals surface area contributed by atoms with Gasteiger partial charge >= 0.3 is 0 Å². The van der Waals surface area contributed by atoms with Crippen LogP contribution < -0.4 is 21.0 Å². The third kappa shape index (κ3) is 5.66. The number of carbonyl (C=O) groups is 2. The van der Waals surface area contributed by atoms with Crippen LogP contribution in [0.2, 0.25) is 0 Å². The number of rotatable bonds is 9. The molecular formula is C28H26N4O6. The van der Waals surface area contributed by atoms with Crippen molar-refractivity contribution in [1.82, 2.24) is 21.3 Å². The van der Waals surface area contributed by atoms with Crippen LogP contribution in [0.4, 0.5) is 0 Å². The molecule has 0 fully saturated rings. The Morgan fingerprint density at radius 3 is 2.71 bits per heavy atom. The van der Waals surface area contributed by atoms with Crippen molar-refractivity contribution in [2.45, 2.75) is 32.1 Å². The van der Waals surface area contributed by atoms with Gasteiger partial charge in [-0.2, -0.15) is 0 Å². The molecule has 0 bridgehead atoms. The molecule has 2 amide bonds. The van der Waals surface area contributed by atoms with Crippen molar-refractivity contribution in [2.75, 3.05) is 0 Å². The summed E-state index contributed by atoms with van der Waals surface area (Å²) in [4.78, 5) is 34.5. The van der Waals surface area contributed by atoms with Gasteiger partial charge in [-0.1, -0.05) is 18.2 Å². The number of pyridine rings is 1. The number of hydrogen-bond acceptors (Lipinski definition) is 8. The van der Waals surface area contributed by atoms with E-state index in [-0.39, 0.29) is 12.2 Å². The summed E-state index contributed by atoms with van der Waals surface area (Å²) in [6, 6.07) is 19.8. The molecule has 4 N–H and O–H groups in total. The van der Waals surface area contributed by atoms with Gasteiger partial charge in [-0.05, 0) is 67.1 Å². The second-order valence-electron chi connectivity index (χ2n) is 8.81. The standard InChI is InChI=1S/C28H26N4O6/c1-17-13-19(21-5-2-3-6-22(21)29-17)16-37-20-10-8-18(9-11-20)23-14-26(38-32-23)24(15-27(33)31-35)30-28(34)25-7-4-12-36-25/h2-14,24,26,32,35H,15-16H2,1H3,(H,30,34)(H,31,33). The molecule has 4 aromatic rings. The molecular weight excluding hydrogens is 488 g/mol. The maximum atomic E-state index is 12.5. The van der Waals surface area contributed by atoms with Gasteiger partial charge in [-0.25, -0.2) is 5.48 Å². The summed E-state index contributed by atoms with van der Waals surface area (Å²) in [7, 11) is 0. The normalized spacial score (nSPS) is 15.4. The largest absolute Gasteiger partial charge is 0.489 e. The van der Waals surface area contributed by atoms with Crippen molar-refractivity contribution >= 4 is 28.4 Å². The smallest absolute Gasteiger partial charge is 0.287 e. The molecule has 0 aliphatic carbocycles. The van der Waals surface area contributed by atoms with Gasteiger partial charge in [0.1, 0.15) is 18.5 Å². The number of carbonyl (C=O) groups excluding carboxylic acids is 2. The minimum Gasteiger partial charge on any atom is -0.489 e. The molecule has 0 saturated carbocycles. The summed E-state index contributed by atoms with van der Waals surface area (Å²) < 4.78 is 11.2. The van der Waals surface area contributed by atoms with Crippen LogP contribution in [-0.2, 0) is 16.2 Å². The number of aryl methyl sites for hydroxylation is 1. The number of hydrogen-bond donors (Lipinski definition) is 4. The summed E-state index contributed by atoms with van der Waals surface area (Å²) in [5, 5.41) is 12.7. The van der Waals surface area contributed by atoms with E-state index in [1.807, 2.05) is 61.5 Å². The van der Waals surface area contributed by atoms with Crippen LogP contribution in [0, 0.1) is 6.92 Å². The number of nitrogens with one attached hydrogen (secondary N) is 3. The van der Waals surface area contributed by atoms with Crippen molar-refractivity contribution < 1.29 is 28.8 Å². The average Bonchev–Trinajstić information content (AvgIpc) is 3.65. The maximum absolute atomic E-state index is 12.5. The van der Waals surface area contributed by atoms with E-state index < -0.39 is 24.0 Å². The number of hydroxylamine groups is 2. The molecule has 0 radical (unpaired) electrons. The molecule has 38 heavy (non-hydrogen) atoms. The van der Waals surface area contributed by atoms with E-state index in [0.29, 0.717) is 18.1 Å². The Hall–Kier alpha value is -4.67. The number of benzene rings is 2. The first-order valence-electron chi connectivity index (χ1n) is 12.0. The molecule has 2 aromatic carbocycles. The predicted octanol–water partition coefficient (Wildman–Crippen LogP) is 3.65. The third-order valence-electron chi connectivity index (χ3n) is 6.11. The first-order valence-corrected chi connectivity index (χ1v) is 12.0. The van der Waals surface area contributed by atoms with E-state index in [0.717, 1.165) is 27.7 Å². The molecule has 5 rings (SSSR count). The lowest BCUT2D eigenvalue weighted by Gasteiger charge is -2.21. The SMILES string of the molecule is Cc1cc(COc2ccc(C3=CC(C(CC(=O)NO)NC(=O)c4ccco4)ON3)cc2)c2ccccc2n1. The van der Waals surface area contributed by atoms with Crippen LogP contribution in [0.25, 0.3) is 16.6 Å². The minimum absolute atomic E-state index is 0.0973. The van der Waals surface area contributed by atoms with Crippen LogP contribution in [0.1, 0.15) is 33.8 Å². The highest BCUT2D eigenvalue weighted by molar-refractivity contribution is 5.92. The van der Waals surface area contributed by atoms with Gasteiger partial charge in [0.25, 0.3) is 5.91 Å². The first-order chi connectivity index (χ1) is 18.5. The van der Waals surface area contributed by atoms with E-state index >= 15 is 0 Å². The van der Waals surface area contributed by atoms with Crippen molar-refractivity contribution in [1.29, 1.82) is 0 Å². The number of para-hydroxylation sites is 1. The van der Waals surface area contributed by atoms with Crippen molar-refractivity contribution in [3.63, 3.8) is 0 Å². The quantitative estimate of drug-likeness (QED) is 0.196. The van der Waals surface area contributed by atoms with Crippen molar-refractivity contribution in [3.05, 3.63) is 102 Å². The molecule has 10 nitrogen and oxygen atoms in total. The molecule has 2 unspecified atom stereocenters. The number of aromatic nitrogens is 1. The van der Waals surface area contributed by atoms with Crippen LogP contribution >= 0.6 is 0 Å². The molecule has 3 heterocycles. The van der Waals surface area contributed by atoms with Gasteiger partial charge in [-0.15, -0.1) is 0 Å². The molecule has 194 valence electrons. The zero-order valence-corrected chi connectivity index (χ0v) is 20.5. The van der Waals surface area contributed by atoms with E-state index in [1.54, 1.807) is 17.6 Å². The summed E-state index contributed by atoms with van der Waals surface area (Å²) in [5.74, 6) is -0.375. The number of amides is 2. The monoisotopic (exact) mass is 514 g/mol. The highest BCUT2D eigenvalue weighted by Crippen LogP contribution is 2.25. The number of nitrogens with zero attached hydrogens (tertiary/aromatic N) is 1. The van der Waals surface area contributed by atoms with Crippen LogP contribution in [-0.4, -0.2) is 34.2 Å². The van der Waals surface area contributed by atoms with Gasteiger partial charge in [0.05, 0.1) is 29.9 Å². The van der Waals surface area contributed by atoms with E-state index in [1.165, 1.54) is 12.3 Å². The van der Waals surface area contributed by atoms with Gasteiger partial charge in [0.2, 0.25) is 5.91 Å². The van der Waals surface area contributed by atoms with Gasteiger partial charge in [0, 0.05) is 16.6 Å². The molecule has 2 atom stereocenters. The Bertz CT molecular complexity index is 1470. The molecule has 0 spiro atoms. The molecule has 0 saturated heterocycles. The lowest BCUT2D eigenvalue weighted by atomic mass is 10.0. The zero-order valence-electron chi connectivity index (χ0n) is 20.5. The molecule has 1 aliphatic rings. The lowest BCUT2D eigenvalue weighted by Crippen LogP contribution is -2.46. The zero-order chi connectivity index (χ0) is 26.5. The highest BCUT2D eigenvalue weighted by Gasteiger charge is 2.30. The third-order valence-corrected chi connectivity index (χ3v) is 6.11. The van der Waals surface area contributed by atoms with Crippen LogP contribution in [0.5, 0.6) is 5.75 Å². The summed E-state index contributed by atoms with van der Waals surface area (Å²) in [6.45, 7) is 2.37. The maximum Gasteiger partial charge on any atom is 0.287 e. The lowest BCUT2D eigenvalue weighted by molar-refractivity contribution is -0.130. The first kappa shape index (κ1) is 25.0. The fraction of sp³-hybridized carbons (Fsp3) is 0.179. The Labute approximate surface area is 218 Å². The number of ether oxygens (including phenoxy) is 1. The Morgan fingerprint density at radius 1 is 1.13 bits per heavy atom. The molecule has 2 aromatic heterocycles. The van der Waals surface area contributed by atoms with Gasteiger partial charge < -0.3 is 14.5 Å². The van der Waals surface area contributed by atoms with Crippen molar-refractivity contribution in [2.24, 2.45) is 0 Å². The summed E-state index contributed by atoms with van der Waals surface area (Å²) in [5.41, 5.74) is 8.85. The Balaban J connectivity index is 1.26. The topological polar surface area (TPSA) is 135 Å². The molecule has 1 aliphatic heterocycles. The second kappa shape index (κ2) is 11.2. The minimum atomic E-state index is -0.772. The fourth-order valence-corrected chi connectivity index (χ4v) is 4.27. The second-order valence-corrected chi connectivity index (χ2v) is 8.81. The van der Waals surface area contributed by atoms with Gasteiger partial charge in [0.15, 0.2) is 5.76 Å². The van der Waals surface area contributed by atoms with Gasteiger partial charge in [-0.3, -0.25) is 30.1 Å². The molecule has 10 heteroatoms. The summed E-state index contributed by atoms with van der Waals surface area (Å²) >= 11 is 0. The Morgan fingerprint density at radius 2 is 1.95 bits per heavy atom. The number of fused-ring (bicyclic) bond motifs is 1. The predicted molar refractivity (Wildman–Crippen MR) is 138 cm³/mol. The summed E-state index contributed by atoms with van der Waals surface area (Å²) in [6.07, 6.45) is 2.25. The van der Waals surface area contributed by atoms with Crippen LogP contribution in [0.15, 0.2) is 83.5 Å². The van der Waals surface area contributed by atoms with E-state index in [2.05, 4.69) is 15.8 Å². The number of furan rings is 1. The highest BCUT2D eigenvalue weighted by atomic mass is 16.7. The van der Waals surface area contributed by atoms with E-state index in [9.17, 15) is 9.59 Å².